The molecule has 0 atom stereocenters. The molecular weight excluding hydrogens is 817 g/mol. The summed E-state index contributed by atoms with van der Waals surface area (Å²) in [5.41, 5.74) is 9.47. The number of hydrogen-bond donors (Lipinski definition) is 0. The first-order valence-corrected chi connectivity index (χ1v) is 20.8. The molecule has 5 heteroatoms. The number of nitrogens with zero attached hydrogens (tertiary/aromatic N) is 2. The number of benzene rings is 5. The van der Waals surface area contributed by atoms with Gasteiger partial charge in [-0.3, -0.25) is 0 Å². The number of furan rings is 1. The van der Waals surface area contributed by atoms with Crippen molar-refractivity contribution in [2.24, 2.45) is 5.41 Å². The number of pyridine rings is 2. The van der Waals surface area contributed by atoms with Gasteiger partial charge >= 0.3 is 0 Å². The van der Waals surface area contributed by atoms with Gasteiger partial charge in [0.1, 0.15) is 5.58 Å². The monoisotopic (exact) mass is 859 g/mol. The Kier molecular flexibility index (Phi) is 10.6. The van der Waals surface area contributed by atoms with Crippen molar-refractivity contribution in [2.45, 2.75) is 46.8 Å². The fourth-order valence-corrected chi connectivity index (χ4v) is 7.53. The molecule has 0 aliphatic carbocycles. The van der Waals surface area contributed by atoms with E-state index in [2.05, 4.69) is 149 Å². The van der Waals surface area contributed by atoms with Gasteiger partial charge in [0.2, 0.25) is 0 Å². The number of hydrogen-bond acceptors (Lipinski definition) is 3. The molecule has 0 aliphatic heterocycles. The topological polar surface area (TPSA) is 38.9 Å². The summed E-state index contributed by atoms with van der Waals surface area (Å²) in [6, 6.07) is 48.5. The molecule has 5 aromatic carbocycles. The Morgan fingerprint density at radius 1 is 0.686 bits per heavy atom. The van der Waals surface area contributed by atoms with Crippen molar-refractivity contribution in [1.82, 2.24) is 9.97 Å². The summed E-state index contributed by atoms with van der Waals surface area (Å²) in [5.74, 6) is 0. The maximum atomic E-state index is 6.68. The van der Waals surface area contributed by atoms with Crippen molar-refractivity contribution in [2.75, 3.05) is 0 Å². The Bertz CT molecular complexity index is 2410. The smallest absolute Gasteiger partial charge is 0.129 e. The molecule has 0 amide bonds. The van der Waals surface area contributed by atoms with Crippen molar-refractivity contribution < 1.29 is 24.5 Å². The summed E-state index contributed by atoms with van der Waals surface area (Å²) in [6.45, 7) is 13.8. The molecule has 3 nitrogen and oxygen atoms in total. The van der Waals surface area contributed by atoms with Gasteiger partial charge in [-0.25, -0.2) is 0 Å². The van der Waals surface area contributed by atoms with E-state index >= 15 is 0 Å². The van der Waals surface area contributed by atoms with Crippen LogP contribution in [0.5, 0.6) is 0 Å². The molecule has 3 heterocycles. The zero-order chi connectivity index (χ0) is 34.9. The fourth-order valence-electron chi connectivity index (χ4n) is 6.50. The van der Waals surface area contributed by atoms with Crippen molar-refractivity contribution in [3.63, 3.8) is 0 Å². The summed E-state index contributed by atoms with van der Waals surface area (Å²) >= 11 is 0. The SMILES string of the molecule is CC(C)(C)Cc1ccnc(-c2[c-]ccc3c2oc2c4ccccc4cc(-c4ccccc4)c32)c1.C[Si](C)(C)c1ccc(-c2[c-]cccc2)nc1.[Ir]. The minimum absolute atomic E-state index is 0. The van der Waals surface area contributed by atoms with Crippen LogP contribution in [0.1, 0.15) is 26.3 Å². The first-order chi connectivity index (χ1) is 24.0. The van der Waals surface area contributed by atoms with Crippen LogP contribution in [0.15, 0.2) is 138 Å². The molecular formula is C46H42IrN2OSi-2. The molecule has 8 aromatic rings. The van der Waals surface area contributed by atoms with Crippen molar-refractivity contribution >= 4 is 46.0 Å². The van der Waals surface area contributed by atoms with Gasteiger partial charge in [0.15, 0.2) is 0 Å². The van der Waals surface area contributed by atoms with Crippen molar-refractivity contribution in [3.8, 4) is 33.6 Å². The average molecular weight is 859 g/mol. The zero-order valence-corrected chi connectivity index (χ0v) is 33.4. The minimum Gasteiger partial charge on any atom is -0.500 e. The van der Waals surface area contributed by atoms with E-state index < -0.39 is 8.07 Å². The maximum absolute atomic E-state index is 6.68. The van der Waals surface area contributed by atoms with Crippen LogP contribution < -0.4 is 5.19 Å². The van der Waals surface area contributed by atoms with E-state index in [1.54, 1.807) is 0 Å². The van der Waals surface area contributed by atoms with Crippen LogP contribution in [-0.2, 0) is 26.5 Å². The van der Waals surface area contributed by atoms with E-state index in [-0.39, 0.29) is 25.5 Å². The summed E-state index contributed by atoms with van der Waals surface area (Å²) in [5, 5.41) is 5.92. The number of aromatic nitrogens is 2. The number of fused-ring (bicyclic) bond motifs is 5. The third-order valence-corrected chi connectivity index (χ3v) is 11.0. The van der Waals surface area contributed by atoms with Gasteiger partial charge in [-0.15, -0.1) is 54.1 Å². The molecule has 0 unspecified atom stereocenters. The molecule has 3 aromatic heterocycles. The summed E-state index contributed by atoms with van der Waals surface area (Å²) in [6.07, 6.45) is 4.90. The van der Waals surface area contributed by atoms with E-state index in [4.69, 9.17) is 9.40 Å². The quantitative estimate of drug-likeness (QED) is 0.128. The van der Waals surface area contributed by atoms with Gasteiger partial charge in [0, 0.05) is 43.3 Å². The third-order valence-electron chi connectivity index (χ3n) is 8.94. The normalized spacial score (nSPS) is 11.6. The Morgan fingerprint density at radius 2 is 1.45 bits per heavy atom. The summed E-state index contributed by atoms with van der Waals surface area (Å²) in [4.78, 5) is 9.23. The third kappa shape index (κ3) is 7.97. The van der Waals surface area contributed by atoms with Gasteiger partial charge in [-0.2, -0.15) is 0 Å². The Hall–Kier alpha value is -4.67. The molecule has 8 rings (SSSR count). The van der Waals surface area contributed by atoms with Gasteiger partial charge in [0.25, 0.3) is 0 Å². The molecule has 0 aliphatic rings. The number of rotatable bonds is 5. The standard InChI is InChI=1S/C32H26NO.C14H16NSi.Ir/c1-32(2,3)20-21-16-17-33-28(18-21)25-14-9-15-26-29-27(22-10-5-4-6-11-22)19-23-12-7-8-13-24(23)31(29)34-30(25)26;1-16(2,3)13-9-10-14(15-11-13)12-7-5-4-6-8-12;/h4-13,15-19H,20H2,1-3H3;4-7,9-11H,1-3H3;/q2*-1;. The Balaban J connectivity index is 0.000000222. The second-order valence-electron chi connectivity index (χ2n) is 15.2. The van der Waals surface area contributed by atoms with E-state index in [0.717, 1.165) is 56.3 Å². The average Bonchev–Trinajstić information content (AvgIpc) is 3.52. The van der Waals surface area contributed by atoms with E-state index in [0.29, 0.717) is 0 Å². The van der Waals surface area contributed by atoms with Crippen LogP contribution in [0.4, 0.5) is 0 Å². The molecule has 51 heavy (non-hydrogen) atoms. The van der Waals surface area contributed by atoms with Gasteiger partial charge in [-0.1, -0.05) is 130 Å². The van der Waals surface area contributed by atoms with Crippen LogP contribution in [0, 0.1) is 17.5 Å². The summed E-state index contributed by atoms with van der Waals surface area (Å²) in [7, 11) is -1.23. The van der Waals surface area contributed by atoms with Crippen molar-refractivity contribution in [1.29, 1.82) is 0 Å². The predicted octanol–water partition coefficient (Wildman–Crippen LogP) is 11.9. The van der Waals surface area contributed by atoms with Crippen LogP contribution in [0.3, 0.4) is 0 Å². The second kappa shape index (κ2) is 14.9. The summed E-state index contributed by atoms with van der Waals surface area (Å²) < 4.78 is 6.68. The Morgan fingerprint density at radius 3 is 2.16 bits per heavy atom. The second-order valence-corrected chi connectivity index (χ2v) is 20.2. The zero-order valence-electron chi connectivity index (χ0n) is 30.0. The molecule has 0 saturated heterocycles. The molecule has 0 saturated carbocycles. The van der Waals surface area contributed by atoms with Crippen molar-refractivity contribution in [3.05, 3.63) is 151 Å². The van der Waals surface area contributed by atoms with E-state index in [1.165, 1.54) is 27.3 Å². The van der Waals surface area contributed by atoms with E-state index in [9.17, 15) is 0 Å². The largest absolute Gasteiger partial charge is 0.500 e. The first-order valence-electron chi connectivity index (χ1n) is 17.3. The molecule has 0 N–H and O–H groups in total. The Labute approximate surface area is 316 Å². The van der Waals surface area contributed by atoms with Gasteiger partial charge in [-0.05, 0) is 57.1 Å². The maximum Gasteiger partial charge on any atom is 0.129 e. The minimum atomic E-state index is -1.23. The molecule has 1 radical (unpaired) electrons. The van der Waals surface area contributed by atoms with Crippen LogP contribution in [0.2, 0.25) is 19.6 Å². The first kappa shape index (κ1) is 36.1. The van der Waals surface area contributed by atoms with Crippen LogP contribution in [0.25, 0.3) is 66.4 Å². The fraction of sp³-hybridized carbons (Fsp3) is 0.174. The molecule has 0 fully saturated rings. The molecule has 0 spiro atoms. The molecule has 257 valence electrons. The van der Waals surface area contributed by atoms with Gasteiger partial charge in [0.05, 0.1) is 13.7 Å². The van der Waals surface area contributed by atoms with Crippen LogP contribution in [-0.4, -0.2) is 18.0 Å². The molecule has 0 bridgehead atoms. The predicted molar refractivity (Wildman–Crippen MR) is 213 cm³/mol. The van der Waals surface area contributed by atoms with E-state index in [1.807, 2.05) is 42.7 Å². The van der Waals surface area contributed by atoms with Crippen LogP contribution >= 0.6 is 0 Å². The van der Waals surface area contributed by atoms with Gasteiger partial charge < -0.3 is 14.4 Å².